The summed E-state index contributed by atoms with van der Waals surface area (Å²) in [5, 5.41) is 8.17. The number of hydrogen-bond donors (Lipinski definition) is 1. The molecule has 5 heterocycles. The van der Waals surface area contributed by atoms with E-state index in [1.54, 1.807) is 0 Å². The number of fused-ring (bicyclic) bond motifs is 2. The molecule has 2 aliphatic rings. The van der Waals surface area contributed by atoms with Crippen molar-refractivity contribution in [3.8, 4) is 11.1 Å². The lowest BCUT2D eigenvalue weighted by atomic mass is 9.68. The fourth-order valence-corrected chi connectivity index (χ4v) is 5.27. The summed E-state index contributed by atoms with van der Waals surface area (Å²) < 4.78 is 4.06. The van der Waals surface area contributed by atoms with Crippen LogP contribution in [0.4, 0.5) is 5.95 Å². The Morgan fingerprint density at radius 1 is 1.09 bits per heavy atom. The smallest absolute Gasteiger partial charge is 0.241 e. The standard InChI is InChI=1S/C25H29N7/c1-17(30-9-4-5-10-30)21-14-26-23-7-6-18(16-31(21)23)20-8-11-32-22(20)15-27-24(29-32)28-19-12-25(2,3)13-19/h6-8,11,14-16,19H,1,4-5,9-10,12-13H2,2-3H3,(H,28,29). The number of aromatic nitrogens is 5. The summed E-state index contributed by atoms with van der Waals surface area (Å²) in [6.07, 6.45) is 12.8. The summed E-state index contributed by atoms with van der Waals surface area (Å²) in [5.41, 5.74) is 6.66. The van der Waals surface area contributed by atoms with Gasteiger partial charge in [-0.05, 0) is 49.3 Å². The summed E-state index contributed by atoms with van der Waals surface area (Å²) in [5.74, 6) is 0.689. The summed E-state index contributed by atoms with van der Waals surface area (Å²) in [7, 11) is 0. The average molecular weight is 428 g/mol. The molecule has 0 bridgehead atoms. The highest BCUT2D eigenvalue weighted by atomic mass is 15.3. The Balaban J connectivity index is 1.31. The van der Waals surface area contributed by atoms with Crippen molar-refractivity contribution in [3.05, 3.63) is 55.3 Å². The van der Waals surface area contributed by atoms with E-state index in [-0.39, 0.29) is 0 Å². The second-order valence-corrected chi connectivity index (χ2v) is 9.99. The molecule has 164 valence electrons. The van der Waals surface area contributed by atoms with Crippen LogP contribution in [0, 0.1) is 5.41 Å². The highest BCUT2D eigenvalue weighted by Gasteiger charge is 2.36. The van der Waals surface area contributed by atoms with Crippen molar-refractivity contribution in [2.45, 2.75) is 45.6 Å². The fourth-order valence-electron chi connectivity index (χ4n) is 5.27. The first kappa shape index (κ1) is 19.3. The van der Waals surface area contributed by atoms with Gasteiger partial charge in [0.15, 0.2) is 0 Å². The number of rotatable bonds is 5. The van der Waals surface area contributed by atoms with Gasteiger partial charge in [0.2, 0.25) is 5.95 Å². The van der Waals surface area contributed by atoms with Crippen molar-refractivity contribution in [2.75, 3.05) is 18.4 Å². The first-order valence-corrected chi connectivity index (χ1v) is 11.5. The van der Waals surface area contributed by atoms with E-state index in [9.17, 15) is 0 Å². The Kier molecular flexibility index (Phi) is 4.28. The molecule has 1 aliphatic heterocycles. The maximum Gasteiger partial charge on any atom is 0.241 e. The van der Waals surface area contributed by atoms with Gasteiger partial charge >= 0.3 is 0 Å². The van der Waals surface area contributed by atoms with Crippen LogP contribution in [0.15, 0.2) is 49.6 Å². The van der Waals surface area contributed by atoms with Crippen LogP contribution >= 0.6 is 0 Å². The number of pyridine rings is 1. The van der Waals surface area contributed by atoms with Crippen molar-refractivity contribution in [1.29, 1.82) is 0 Å². The van der Waals surface area contributed by atoms with Gasteiger partial charge in [-0.3, -0.25) is 4.40 Å². The van der Waals surface area contributed by atoms with Crippen molar-refractivity contribution in [1.82, 2.24) is 28.9 Å². The zero-order valence-corrected chi connectivity index (χ0v) is 18.8. The van der Waals surface area contributed by atoms with Crippen molar-refractivity contribution in [3.63, 3.8) is 0 Å². The van der Waals surface area contributed by atoms with E-state index in [0.29, 0.717) is 17.4 Å². The van der Waals surface area contributed by atoms with Crippen molar-refractivity contribution < 1.29 is 0 Å². The molecule has 6 rings (SSSR count). The lowest BCUT2D eigenvalue weighted by Crippen LogP contribution is -2.41. The second kappa shape index (κ2) is 7.08. The van der Waals surface area contributed by atoms with Crippen LogP contribution in [0.1, 0.15) is 45.2 Å². The molecule has 0 unspecified atom stereocenters. The Morgan fingerprint density at radius 3 is 2.69 bits per heavy atom. The van der Waals surface area contributed by atoms with Gasteiger partial charge in [0.25, 0.3) is 0 Å². The molecule has 1 aliphatic carbocycles. The normalized spacial score (nSPS) is 18.4. The Labute approximate surface area is 187 Å². The topological polar surface area (TPSA) is 62.8 Å². The Bertz CT molecular complexity index is 1310. The van der Waals surface area contributed by atoms with Crippen LogP contribution in [0.2, 0.25) is 0 Å². The maximum absolute atomic E-state index is 4.70. The van der Waals surface area contributed by atoms with Gasteiger partial charge in [-0.2, -0.15) is 0 Å². The first-order chi connectivity index (χ1) is 15.5. The molecule has 1 N–H and O–H groups in total. The van der Waals surface area contributed by atoms with Gasteiger partial charge in [-0.25, -0.2) is 14.5 Å². The zero-order valence-electron chi connectivity index (χ0n) is 18.8. The van der Waals surface area contributed by atoms with E-state index < -0.39 is 0 Å². The van der Waals surface area contributed by atoms with Gasteiger partial charge in [0, 0.05) is 42.7 Å². The number of likely N-dealkylation sites (tertiary alicyclic amines) is 1. The highest BCUT2D eigenvalue weighted by molar-refractivity contribution is 5.81. The second-order valence-electron chi connectivity index (χ2n) is 9.99. The number of nitrogens with one attached hydrogen (secondary N) is 1. The van der Waals surface area contributed by atoms with Gasteiger partial charge in [-0.1, -0.05) is 20.4 Å². The molecule has 2 fully saturated rings. The first-order valence-electron chi connectivity index (χ1n) is 11.5. The van der Waals surface area contributed by atoms with Crippen LogP contribution in [0.3, 0.4) is 0 Å². The Morgan fingerprint density at radius 2 is 1.91 bits per heavy atom. The third-order valence-corrected chi connectivity index (χ3v) is 6.95. The predicted molar refractivity (Wildman–Crippen MR) is 127 cm³/mol. The quantitative estimate of drug-likeness (QED) is 0.500. The van der Waals surface area contributed by atoms with E-state index in [1.807, 2.05) is 23.1 Å². The van der Waals surface area contributed by atoms with Gasteiger partial charge in [-0.15, -0.1) is 5.10 Å². The van der Waals surface area contributed by atoms with E-state index in [1.165, 1.54) is 12.8 Å². The van der Waals surface area contributed by atoms with E-state index in [2.05, 4.69) is 69.4 Å². The summed E-state index contributed by atoms with van der Waals surface area (Å²) in [4.78, 5) is 11.6. The molecule has 1 saturated carbocycles. The molecule has 0 spiro atoms. The van der Waals surface area contributed by atoms with E-state index >= 15 is 0 Å². The summed E-state index contributed by atoms with van der Waals surface area (Å²) >= 11 is 0. The van der Waals surface area contributed by atoms with E-state index in [0.717, 1.165) is 59.6 Å². The van der Waals surface area contributed by atoms with Crippen LogP contribution in [-0.2, 0) is 0 Å². The molecule has 7 nitrogen and oxygen atoms in total. The van der Waals surface area contributed by atoms with Crippen LogP contribution in [0.25, 0.3) is 28.0 Å². The minimum Gasteiger partial charge on any atom is -0.370 e. The minimum atomic E-state index is 0.424. The van der Waals surface area contributed by atoms with Crippen LogP contribution in [0.5, 0.6) is 0 Å². The summed E-state index contributed by atoms with van der Waals surface area (Å²) in [6, 6.07) is 6.74. The average Bonchev–Trinajstić information content (AvgIpc) is 3.50. The minimum absolute atomic E-state index is 0.424. The molecule has 32 heavy (non-hydrogen) atoms. The third-order valence-electron chi connectivity index (χ3n) is 6.95. The summed E-state index contributed by atoms with van der Waals surface area (Å²) in [6.45, 7) is 11.1. The third kappa shape index (κ3) is 3.23. The number of nitrogens with zero attached hydrogens (tertiary/aromatic N) is 6. The predicted octanol–water partition coefficient (Wildman–Crippen LogP) is 4.71. The molecule has 0 aromatic carbocycles. The molecule has 7 heteroatoms. The lowest BCUT2D eigenvalue weighted by Gasteiger charge is -2.42. The van der Waals surface area contributed by atoms with Gasteiger partial charge < -0.3 is 10.2 Å². The number of anilines is 1. The van der Waals surface area contributed by atoms with Crippen LogP contribution in [-0.4, -0.2) is 48.0 Å². The molecular formula is C25H29N7. The van der Waals surface area contributed by atoms with Crippen LogP contribution < -0.4 is 5.32 Å². The van der Waals surface area contributed by atoms with Gasteiger partial charge in [0.1, 0.15) is 5.65 Å². The zero-order chi connectivity index (χ0) is 21.9. The lowest BCUT2D eigenvalue weighted by molar-refractivity contribution is 0.167. The monoisotopic (exact) mass is 427 g/mol. The highest BCUT2D eigenvalue weighted by Crippen LogP contribution is 2.41. The van der Waals surface area contributed by atoms with Crippen molar-refractivity contribution >= 4 is 22.8 Å². The molecule has 0 atom stereocenters. The van der Waals surface area contributed by atoms with Crippen molar-refractivity contribution in [2.24, 2.45) is 5.41 Å². The molecule has 0 radical (unpaired) electrons. The van der Waals surface area contributed by atoms with Gasteiger partial charge in [0.05, 0.1) is 29.3 Å². The molecule has 4 aromatic rings. The SMILES string of the molecule is C=C(c1cnc2ccc(-c3ccn4nc(NC5CC(C)(C)C5)ncc34)cn12)N1CCCC1. The molecule has 4 aromatic heterocycles. The molecular weight excluding hydrogens is 398 g/mol. The Hall–Kier alpha value is -3.35. The fraction of sp³-hybridized carbons (Fsp3) is 0.400. The number of hydrogen-bond acceptors (Lipinski definition) is 5. The molecule has 0 amide bonds. The van der Waals surface area contributed by atoms with E-state index in [4.69, 9.17) is 5.10 Å². The maximum atomic E-state index is 4.70. The number of imidazole rings is 1. The molecule has 1 saturated heterocycles. The largest absolute Gasteiger partial charge is 0.370 e.